The van der Waals surface area contributed by atoms with E-state index in [2.05, 4.69) is 24.4 Å². The standard InChI is InChI=1S/C25H28N2O5/c1-4-17-8-10-18(11-9-17)22(26-20-6-5-7-21(15-20)27(29)30)16-23(28)19-12-13-24(31-2)25(14-19)32-3/h5-15,22-23,26,28H,4,16H2,1-3H3. The second-order valence-electron chi connectivity index (χ2n) is 7.47. The molecule has 3 rings (SSSR count). The number of aliphatic hydroxyl groups excluding tert-OH is 1. The minimum absolute atomic E-state index is 0.00974. The molecule has 0 aliphatic carbocycles. The summed E-state index contributed by atoms with van der Waals surface area (Å²) in [5, 5.41) is 25.5. The summed E-state index contributed by atoms with van der Waals surface area (Å²) in [5.74, 6) is 1.13. The lowest BCUT2D eigenvalue weighted by Crippen LogP contribution is -2.15. The van der Waals surface area contributed by atoms with Gasteiger partial charge in [0.2, 0.25) is 0 Å². The first kappa shape index (κ1) is 23.1. The highest BCUT2D eigenvalue weighted by Gasteiger charge is 2.20. The number of nitrogens with zero attached hydrogens (tertiary/aromatic N) is 1. The Labute approximate surface area is 187 Å². The lowest BCUT2D eigenvalue weighted by atomic mass is 9.95. The topological polar surface area (TPSA) is 93.9 Å². The molecule has 0 amide bonds. The van der Waals surface area contributed by atoms with Gasteiger partial charge in [-0.1, -0.05) is 43.3 Å². The van der Waals surface area contributed by atoms with Crippen LogP contribution in [0, 0.1) is 10.1 Å². The first-order valence-electron chi connectivity index (χ1n) is 10.4. The van der Waals surface area contributed by atoms with Crippen LogP contribution >= 0.6 is 0 Å². The van der Waals surface area contributed by atoms with Crippen molar-refractivity contribution in [1.29, 1.82) is 0 Å². The van der Waals surface area contributed by atoms with Crippen LogP contribution in [0.15, 0.2) is 66.7 Å². The molecule has 0 radical (unpaired) electrons. The molecule has 0 fully saturated rings. The Hall–Kier alpha value is -3.58. The van der Waals surface area contributed by atoms with Crippen molar-refractivity contribution in [2.45, 2.75) is 31.9 Å². The summed E-state index contributed by atoms with van der Waals surface area (Å²) in [7, 11) is 3.11. The van der Waals surface area contributed by atoms with E-state index in [1.54, 1.807) is 44.6 Å². The number of hydrogen-bond donors (Lipinski definition) is 2. The molecular weight excluding hydrogens is 408 g/mol. The van der Waals surface area contributed by atoms with E-state index in [1.165, 1.54) is 17.7 Å². The minimum atomic E-state index is -0.795. The summed E-state index contributed by atoms with van der Waals surface area (Å²) in [6.07, 6.45) is 0.484. The molecule has 7 heteroatoms. The van der Waals surface area contributed by atoms with Gasteiger partial charge in [0, 0.05) is 24.2 Å². The highest BCUT2D eigenvalue weighted by Crippen LogP contribution is 2.35. The molecule has 0 bridgehead atoms. The van der Waals surface area contributed by atoms with Gasteiger partial charge in [-0.2, -0.15) is 0 Å². The van der Waals surface area contributed by atoms with Crippen LogP contribution in [0.25, 0.3) is 0 Å². The van der Waals surface area contributed by atoms with E-state index in [9.17, 15) is 15.2 Å². The molecule has 3 aromatic carbocycles. The van der Waals surface area contributed by atoms with Gasteiger partial charge >= 0.3 is 0 Å². The van der Waals surface area contributed by atoms with Crippen molar-refractivity contribution < 1.29 is 19.5 Å². The molecule has 0 aliphatic rings. The third-order valence-electron chi connectivity index (χ3n) is 5.44. The molecule has 0 aliphatic heterocycles. The number of anilines is 1. The Bertz CT molecular complexity index is 1050. The summed E-state index contributed by atoms with van der Waals surface area (Å²) in [6, 6.07) is 19.6. The SMILES string of the molecule is CCc1ccc(C(CC(O)c2ccc(OC)c(OC)c2)Nc2cccc([N+](=O)[O-])c2)cc1. The number of nitro benzene ring substituents is 1. The molecule has 0 spiro atoms. The molecule has 32 heavy (non-hydrogen) atoms. The number of hydrogen-bond acceptors (Lipinski definition) is 6. The zero-order valence-corrected chi connectivity index (χ0v) is 18.4. The number of aliphatic hydroxyl groups is 1. The van der Waals surface area contributed by atoms with Crippen LogP contribution in [0.4, 0.5) is 11.4 Å². The monoisotopic (exact) mass is 436 g/mol. The van der Waals surface area contributed by atoms with Crippen molar-refractivity contribution >= 4 is 11.4 Å². The van der Waals surface area contributed by atoms with E-state index >= 15 is 0 Å². The Balaban J connectivity index is 1.89. The van der Waals surface area contributed by atoms with Gasteiger partial charge in [0.15, 0.2) is 11.5 Å². The normalized spacial score (nSPS) is 12.6. The Morgan fingerprint density at radius 2 is 1.66 bits per heavy atom. The van der Waals surface area contributed by atoms with Gasteiger partial charge in [0.25, 0.3) is 5.69 Å². The molecule has 0 heterocycles. The van der Waals surface area contributed by atoms with Gasteiger partial charge in [0.1, 0.15) is 0 Å². The van der Waals surface area contributed by atoms with Crippen LogP contribution in [0.5, 0.6) is 11.5 Å². The number of methoxy groups -OCH3 is 2. The predicted molar refractivity (Wildman–Crippen MR) is 124 cm³/mol. The second kappa shape index (κ2) is 10.6. The molecule has 3 aromatic rings. The highest BCUT2D eigenvalue weighted by atomic mass is 16.6. The summed E-state index contributed by atoms with van der Waals surface area (Å²) >= 11 is 0. The van der Waals surface area contributed by atoms with Gasteiger partial charge in [-0.05, 0) is 41.3 Å². The predicted octanol–water partition coefficient (Wildman–Crippen LogP) is 5.45. The third-order valence-corrected chi connectivity index (χ3v) is 5.44. The van der Waals surface area contributed by atoms with Crippen molar-refractivity contribution in [3.8, 4) is 11.5 Å². The lowest BCUT2D eigenvalue weighted by molar-refractivity contribution is -0.384. The van der Waals surface area contributed by atoms with Gasteiger partial charge in [0.05, 0.1) is 31.3 Å². The quantitative estimate of drug-likeness (QED) is 0.324. The molecule has 2 atom stereocenters. The van der Waals surface area contributed by atoms with Gasteiger partial charge in [-0.15, -0.1) is 0 Å². The zero-order valence-electron chi connectivity index (χ0n) is 18.4. The largest absolute Gasteiger partial charge is 0.493 e. The summed E-state index contributed by atoms with van der Waals surface area (Å²) < 4.78 is 10.6. The molecule has 7 nitrogen and oxygen atoms in total. The lowest BCUT2D eigenvalue weighted by Gasteiger charge is -2.24. The maximum absolute atomic E-state index is 11.2. The number of nitrogens with one attached hydrogen (secondary N) is 1. The van der Waals surface area contributed by atoms with E-state index < -0.39 is 11.0 Å². The Morgan fingerprint density at radius 3 is 2.28 bits per heavy atom. The molecule has 2 unspecified atom stereocenters. The van der Waals surface area contributed by atoms with Gasteiger partial charge in [-0.25, -0.2) is 0 Å². The zero-order chi connectivity index (χ0) is 23.1. The smallest absolute Gasteiger partial charge is 0.271 e. The average Bonchev–Trinajstić information content (AvgIpc) is 2.83. The molecule has 0 aromatic heterocycles. The number of nitro groups is 1. The fourth-order valence-electron chi connectivity index (χ4n) is 3.59. The summed E-state index contributed by atoms with van der Waals surface area (Å²) in [6.45, 7) is 2.09. The number of non-ortho nitro benzene ring substituents is 1. The number of ether oxygens (including phenoxy) is 2. The number of benzene rings is 3. The second-order valence-corrected chi connectivity index (χ2v) is 7.47. The fraction of sp³-hybridized carbons (Fsp3) is 0.280. The molecule has 0 saturated carbocycles. The van der Waals surface area contributed by atoms with E-state index in [0.717, 1.165) is 12.0 Å². The molecule has 168 valence electrons. The first-order valence-corrected chi connectivity index (χ1v) is 10.4. The number of aryl methyl sites for hydroxylation is 1. The first-order chi connectivity index (χ1) is 15.4. The van der Waals surface area contributed by atoms with Crippen molar-refractivity contribution in [3.63, 3.8) is 0 Å². The maximum Gasteiger partial charge on any atom is 0.271 e. The third kappa shape index (κ3) is 5.56. The van der Waals surface area contributed by atoms with E-state index in [4.69, 9.17) is 9.47 Å². The van der Waals surface area contributed by atoms with E-state index in [1.807, 2.05) is 12.1 Å². The van der Waals surface area contributed by atoms with Gasteiger partial charge < -0.3 is 19.9 Å². The average molecular weight is 437 g/mol. The summed E-state index contributed by atoms with van der Waals surface area (Å²) in [4.78, 5) is 10.7. The van der Waals surface area contributed by atoms with Crippen molar-refractivity contribution in [3.05, 3.63) is 93.5 Å². The van der Waals surface area contributed by atoms with Crippen LogP contribution in [-0.2, 0) is 6.42 Å². The van der Waals surface area contributed by atoms with Crippen LogP contribution in [0.2, 0.25) is 0 Å². The molecule has 2 N–H and O–H groups in total. The fourth-order valence-corrected chi connectivity index (χ4v) is 3.59. The van der Waals surface area contributed by atoms with E-state index in [-0.39, 0.29) is 11.7 Å². The summed E-state index contributed by atoms with van der Waals surface area (Å²) in [5.41, 5.74) is 3.51. The van der Waals surface area contributed by atoms with Crippen LogP contribution in [-0.4, -0.2) is 24.2 Å². The highest BCUT2D eigenvalue weighted by molar-refractivity contribution is 5.52. The Kier molecular flexibility index (Phi) is 7.68. The van der Waals surface area contributed by atoms with Crippen LogP contribution < -0.4 is 14.8 Å². The van der Waals surface area contributed by atoms with Crippen molar-refractivity contribution in [2.75, 3.05) is 19.5 Å². The molecular formula is C25H28N2O5. The van der Waals surface area contributed by atoms with Crippen molar-refractivity contribution in [2.24, 2.45) is 0 Å². The van der Waals surface area contributed by atoms with Crippen molar-refractivity contribution in [1.82, 2.24) is 0 Å². The van der Waals surface area contributed by atoms with Gasteiger partial charge in [-0.3, -0.25) is 10.1 Å². The molecule has 0 saturated heterocycles. The van der Waals surface area contributed by atoms with Crippen LogP contribution in [0.3, 0.4) is 0 Å². The van der Waals surface area contributed by atoms with Crippen LogP contribution in [0.1, 0.15) is 42.2 Å². The Morgan fingerprint density at radius 1 is 0.969 bits per heavy atom. The minimum Gasteiger partial charge on any atom is -0.493 e. The number of rotatable bonds is 10. The maximum atomic E-state index is 11.2. The van der Waals surface area contributed by atoms with E-state index in [0.29, 0.717) is 29.2 Å².